The van der Waals surface area contributed by atoms with Crippen LogP contribution in [0.2, 0.25) is 0 Å². The highest BCUT2D eigenvalue weighted by atomic mass is 32.2. The van der Waals surface area contributed by atoms with Crippen LogP contribution >= 0.6 is 0 Å². The Hall–Kier alpha value is -0.340. The standard InChI is InChI=1S/C20H41F3NO3S/c1-5-9-13-14-15-19(27-28(25,26)20(21,22)23)24(16-10-6-2,17-11-7-3)18-12-8-4/h19H,5-18H2,1-4H3/q+1. The third-order valence-corrected chi connectivity index (χ3v) is 6.35. The fourth-order valence-corrected chi connectivity index (χ4v) is 4.23. The zero-order chi connectivity index (χ0) is 21.7. The van der Waals surface area contributed by atoms with Crippen LogP contribution in [0.4, 0.5) is 13.2 Å². The summed E-state index contributed by atoms with van der Waals surface area (Å²) in [6.45, 7) is 10.1. The summed E-state index contributed by atoms with van der Waals surface area (Å²) in [5.41, 5.74) is -5.38. The van der Waals surface area contributed by atoms with E-state index in [9.17, 15) is 21.6 Å². The van der Waals surface area contributed by atoms with E-state index in [4.69, 9.17) is 4.18 Å². The molecule has 0 fully saturated rings. The third-order valence-electron chi connectivity index (χ3n) is 5.31. The summed E-state index contributed by atoms with van der Waals surface area (Å²) in [5, 5.41) is 0. The molecule has 0 aromatic heterocycles. The summed E-state index contributed by atoms with van der Waals surface area (Å²) in [5.74, 6) is 0. The van der Waals surface area contributed by atoms with Crippen molar-refractivity contribution < 1.29 is 30.3 Å². The second-order valence-electron chi connectivity index (χ2n) is 7.75. The summed E-state index contributed by atoms with van der Waals surface area (Å²) >= 11 is 0. The molecule has 0 amide bonds. The Labute approximate surface area is 170 Å². The highest BCUT2D eigenvalue weighted by Gasteiger charge is 2.51. The first-order chi connectivity index (χ1) is 13.1. The van der Waals surface area contributed by atoms with E-state index in [1.165, 1.54) is 0 Å². The van der Waals surface area contributed by atoms with Gasteiger partial charge in [-0.15, -0.1) is 0 Å². The molecule has 0 saturated heterocycles. The van der Waals surface area contributed by atoms with Crippen LogP contribution in [0.15, 0.2) is 0 Å². The summed E-state index contributed by atoms with van der Waals surface area (Å²) in [4.78, 5) is 0. The van der Waals surface area contributed by atoms with E-state index in [0.717, 1.165) is 57.8 Å². The first kappa shape index (κ1) is 27.7. The van der Waals surface area contributed by atoms with E-state index in [1.54, 1.807) is 0 Å². The van der Waals surface area contributed by atoms with Gasteiger partial charge in [0.05, 0.1) is 19.6 Å². The lowest BCUT2D eigenvalue weighted by Gasteiger charge is -2.44. The SMILES string of the molecule is CCCCCCC(OS(=O)(=O)C(F)(F)F)[N+](CCCC)(CCCC)CCCC. The Morgan fingerprint density at radius 2 is 1.18 bits per heavy atom. The summed E-state index contributed by atoms with van der Waals surface area (Å²) < 4.78 is 68.2. The van der Waals surface area contributed by atoms with Gasteiger partial charge in [0.15, 0.2) is 0 Å². The Balaban J connectivity index is 5.84. The Morgan fingerprint density at radius 3 is 1.54 bits per heavy atom. The molecular weight excluding hydrogens is 391 g/mol. The number of quaternary nitrogens is 1. The van der Waals surface area contributed by atoms with E-state index in [1.807, 2.05) is 20.8 Å². The smallest absolute Gasteiger partial charge is 0.298 e. The van der Waals surface area contributed by atoms with Gasteiger partial charge in [0.1, 0.15) is 0 Å². The molecule has 0 aromatic rings. The van der Waals surface area contributed by atoms with Gasteiger partial charge in [-0.2, -0.15) is 21.6 Å². The number of hydrogen-bond donors (Lipinski definition) is 0. The second kappa shape index (κ2) is 13.8. The maximum Gasteiger partial charge on any atom is 0.523 e. The van der Waals surface area contributed by atoms with E-state index in [2.05, 4.69) is 6.92 Å². The van der Waals surface area contributed by atoms with Crippen molar-refractivity contribution in [2.45, 2.75) is 110 Å². The molecule has 8 heteroatoms. The summed E-state index contributed by atoms with van der Waals surface area (Å²) in [6, 6.07) is 0. The molecule has 0 aliphatic rings. The van der Waals surface area contributed by atoms with Gasteiger partial charge in [0, 0.05) is 6.42 Å². The minimum atomic E-state index is -5.61. The number of alkyl halides is 3. The zero-order valence-corrected chi connectivity index (χ0v) is 19.0. The van der Waals surface area contributed by atoms with E-state index in [-0.39, 0.29) is 0 Å². The van der Waals surface area contributed by atoms with Crippen LogP contribution in [-0.4, -0.2) is 44.3 Å². The fourth-order valence-electron chi connectivity index (χ4n) is 3.55. The lowest BCUT2D eigenvalue weighted by atomic mass is 10.1. The normalized spacial score (nSPS) is 14.4. The minimum Gasteiger partial charge on any atom is -0.298 e. The van der Waals surface area contributed by atoms with E-state index >= 15 is 0 Å². The van der Waals surface area contributed by atoms with Gasteiger partial charge >= 0.3 is 15.6 Å². The Bertz CT molecular complexity index is 474. The van der Waals surface area contributed by atoms with E-state index < -0.39 is 21.9 Å². The predicted octanol–water partition coefficient (Wildman–Crippen LogP) is 6.37. The van der Waals surface area contributed by atoms with Crippen molar-refractivity contribution >= 4 is 10.1 Å². The molecule has 1 unspecified atom stereocenters. The van der Waals surface area contributed by atoms with Gasteiger partial charge in [-0.25, -0.2) is 4.18 Å². The van der Waals surface area contributed by atoms with Gasteiger partial charge in [-0.1, -0.05) is 66.2 Å². The van der Waals surface area contributed by atoms with E-state index in [0.29, 0.717) is 37.0 Å². The molecule has 0 saturated carbocycles. The first-order valence-electron chi connectivity index (χ1n) is 11.0. The molecule has 4 nitrogen and oxygen atoms in total. The van der Waals surface area contributed by atoms with Crippen molar-refractivity contribution in [1.82, 2.24) is 0 Å². The monoisotopic (exact) mass is 432 g/mol. The third kappa shape index (κ3) is 9.44. The molecule has 28 heavy (non-hydrogen) atoms. The van der Waals surface area contributed by atoms with Gasteiger partial charge in [0.2, 0.25) is 6.23 Å². The van der Waals surface area contributed by atoms with Crippen molar-refractivity contribution in [3.05, 3.63) is 0 Å². The molecule has 0 bridgehead atoms. The number of hydrogen-bond acceptors (Lipinski definition) is 3. The summed E-state index contributed by atoms with van der Waals surface area (Å²) in [6.07, 6.45) is 8.17. The van der Waals surface area contributed by atoms with Crippen molar-refractivity contribution in [2.75, 3.05) is 19.6 Å². The molecular formula is C20H41F3NO3S+. The molecule has 0 aromatic carbocycles. The van der Waals surface area contributed by atoms with Crippen LogP contribution in [0.3, 0.4) is 0 Å². The fraction of sp³-hybridized carbons (Fsp3) is 1.00. The van der Waals surface area contributed by atoms with Crippen LogP contribution in [0.1, 0.15) is 98.3 Å². The molecule has 1 atom stereocenters. The highest BCUT2D eigenvalue weighted by Crippen LogP contribution is 2.32. The number of unbranched alkanes of at least 4 members (excludes halogenated alkanes) is 6. The number of nitrogens with zero attached hydrogens (tertiary/aromatic N) is 1. The molecule has 0 rings (SSSR count). The lowest BCUT2D eigenvalue weighted by molar-refractivity contribution is -0.969. The molecule has 170 valence electrons. The van der Waals surface area contributed by atoms with Gasteiger partial charge in [-0.05, 0) is 25.7 Å². The minimum absolute atomic E-state index is 0.316. The lowest BCUT2D eigenvalue weighted by Crippen LogP contribution is -2.59. The molecule has 0 aliphatic heterocycles. The molecule has 0 radical (unpaired) electrons. The number of rotatable bonds is 17. The average Bonchev–Trinajstić information content (AvgIpc) is 2.63. The Kier molecular flexibility index (Phi) is 13.6. The molecule has 0 N–H and O–H groups in total. The van der Waals surface area contributed by atoms with Crippen LogP contribution in [0.5, 0.6) is 0 Å². The summed E-state index contributed by atoms with van der Waals surface area (Å²) in [7, 11) is -5.61. The van der Waals surface area contributed by atoms with Crippen LogP contribution < -0.4 is 0 Å². The molecule has 0 spiro atoms. The molecule has 0 heterocycles. The topological polar surface area (TPSA) is 43.4 Å². The van der Waals surface area contributed by atoms with Crippen molar-refractivity contribution in [3.63, 3.8) is 0 Å². The zero-order valence-electron chi connectivity index (χ0n) is 18.2. The predicted molar refractivity (Wildman–Crippen MR) is 108 cm³/mol. The molecule has 0 aliphatic carbocycles. The quantitative estimate of drug-likeness (QED) is 0.0882. The van der Waals surface area contributed by atoms with Gasteiger partial charge < -0.3 is 0 Å². The van der Waals surface area contributed by atoms with Crippen molar-refractivity contribution in [3.8, 4) is 0 Å². The average molecular weight is 433 g/mol. The highest BCUT2D eigenvalue weighted by molar-refractivity contribution is 7.87. The second-order valence-corrected chi connectivity index (χ2v) is 9.31. The Morgan fingerprint density at radius 1 is 0.750 bits per heavy atom. The number of halogens is 3. The van der Waals surface area contributed by atoms with Crippen molar-refractivity contribution in [1.29, 1.82) is 0 Å². The largest absolute Gasteiger partial charge is 0.523 e. The maximum absolute atomic E-state index is 13.1. The van der Waals surface area contributed by atoms with Crippen molar-refractivity contribution in [2.24, 2.45) is 0 Å². The van der Waals surface area contributed by atoms with Crippen LogP contribution in [0, 0.1) is 0 Å². The first-order valence-corrected chi connectivity index (χ1v) is 12.4. The van der Waals surface area contributed by atoms with Gasteiger partial charge in [-0.3, -0.25) is 4.48 Å². The van der Waals surface area contributed by atoms with Crippen LogP contribution in [0.25, 0.3) is 0 Å². The maximum atomic E-state index is 13.1. The van der Waals surface area contributed by atoms with Gasteiger partial charge in [0.25, 0.3) is 0 Å². The van der Waals surface area contributed by atoms with Crippen LogP contribution in [-0.2, 0) is 14.3 Å².